The van der Waals surface area contributed by atoms with Crippen LogP contribution in [0.3, 0.4) is 0 Å². The third kappa shape index (κ3) is 6.08. The molecule has 27 heavy (non-hydrogen) atoms. The third-order valence-electron chi connectivity index (χ3n) is 4.53. The van der Waals surface area contributed by atoms with Crippen molar-refractivity contribution in [3.8, 4) is 5.88 Å². The molecule has 2 aliphatic rings. The Morgan fingerprint density at radius 1 is 1.22 bits per heavy atom. The summed E-state index contributed by atoms with van der Waals surface area (Å²) in [6, 6.07) is 1.83. The number of hydrogen-bond donors (Lipinski definition) is 0. The van der Waals surface area contributed by atoms with Gasteiger partial charge in [0.05, 0.1) is 13.2 Å². The Hall–Kier alpha value is -1.84. The van der Waals surface area contributed by atoms with Crippen LogP contribution in [0.4, 0.5) is 13.2 Å². The molecule has 150 valence electrons. The van der Waals surface area contributed by atoms with E-state index < -0.39 is 12.8 Å². The van der Waals surface area contributed by atoms with Gasteiger partial charge in [0.15, 0.2) is 6.61 Å². The minimum absolute atomic E-state index is 0.0276. The Morgan fingerprint density at radius 3 is 2.70 bits per heavy atom. The molecule has 0 unspecified atom stereocenters. The fraction of sp³-hybridized carbons (Fsp3) is 0.611. The van der Waals surface area contributed by atoms with E-state index in [1.54, 1.807) is 13.1 Å². The van der Waals surface area contributed by atoms with Crippen molar-refractivity contribution in [2.24, 2.45) is 0 Å². The summed E-state index contributed by atoms with van der Waals surface area (Å²) in [5.41, 5.74) is 1.54. The lowest BCUT2D eigenvalue weighted by Gasteiger charge is -2.33. The smallest absolute Gasteiger partial charge is 0.422 e. The molecule has 1 saturated heterocycles. The summed E-state index contributed by atoms with van der Waals surface area (Å²) in [6.45, 7) is 7.16. The first kappa shape index (κ1) is 19.9. The summed E-state index contributed by atoms with van der Waals surface area (Å²) in [4.78, 5) is 6.44. The summed E-state index contributed by atoms with van der Waals surface area (Å²) in [7, 11) is 0. The second kappa shape index (κ2) is 8.90. The lowest BCUT2D eigenvalue weighted by atomic mass is 10.2. The first-order valence-electron chi connectivity index (χ1n) is 9.04. The number of morpholine rings is 1. The van der Waals surface area contributed by atoms with Crippen molar-refractivity contribution in [2.75, 3.05) is 52.5 Å². The highest BCUT2D eigenvalue weighted by molar-refractivity contribution is 5.28. The average molecular weight is 386 g/mol. The van der Waals surface area contributed by atoms with Gasteiger partial charge >= 0.3 is 6.18 Å². The molecule has 0 spiro atoms. The molecule has 0 N–H and O–H groups in total. The van der Waals surface area contributed by atoms with E-state index in [0.717, 1.165) is 51.5 Å². The van der Waals surface area contributed by atoms with Crippen molar-refractivity contribution >= 4 is 0 Å². The topological polar surface area (TPSA) is 41.1 Å². The second-order valence-electron chi connectivity index (χ2n) is 6.72. The van der Waals surface area contributed by atoms with Gasteiger partial charge in [-0.1, -0.05) is 6.08 Å². The number of pyridine rings is 1. The van der Waals surface area contributed by atoms with Crippen LogP contribution >= 0.6 is 0 Å². The number of hydrazine groups is 1. The zero-order chi connectivity index (χ0) is 19.3. The number of rotatable bonds is 7. The number of hydrogen-bond acceptors (Lipinski definition) is 6. The van der Waals surface area contributed by atoms with E-state index >= 15 is 0 Å². The SMILES string of the molecule is Cc1cc(CN2CC=CN2CCN2CCOCC2)cnc1OCC(F)(F)F. The van der Waals surface area contributed by atoms with Gasteiger partial charge in [-0.25, -0.2) is 9.99 Å². The van der Waals surface area contributed by atoms with Crippen LogP contribution in [-0.4, -0.2) is 78.6 Å². The minimum Gasteiger partial charge on any atom is -0.468 e. The zero-order valence-corrected chi connectivity index (χ0v) is 15.4. The van der Waals surface area contributed by atoms with E-state index in [-0.39, 0.29) is 5.88 Å². The summed E-state index contributed by atoms with van der Waals surface area (Å²) >= 11 is 0. The Kier molecular flexibility index (Phi) is 6.56. The van der Waals surface area contributed by atoms with E-state index in [4.69, 9.17) is 9.47 Å². The van der Waals surface area contributed by atoms with Gasteiger partial charge < -0.3 is 14.5 Å². The number of ether oxygens (including phenoxy) is 2. The molecule has 1 aromatic heterocycles. The molecule has 0 atom stereocenters. The van der Waals surface area contributed by atoms with Gasteiger partial charge in [0.1, 0.15) is 0 Å². The monoisotopic (exact) mass is 386 g/mol. The first-order valence-corrected chi connectivity index (χ1v) is 9.04. The maximum Gasteiger partial charge on any atom is 0.422 e. The van der Waals surface area contributed by atoms with Crippen molar-refractivity contribution in [1.29, 1.82) is 0 Å². The molecule has 1 fully saturated rings. The predicted molar refractivity (Wildman–Crippen MR) is 94.0 cm³/mol. The van der Waals surface area contributed by atoms with Crippen LogP contribution in [0.25, 0.3) is 0 Å². The lowest BCUT2D eigenvalue weighted by Crippen LogP contribution is -2.43. The predicted octanol–water partition coefficient (Wildman–Crippen LogP) is 2.21. The standard InChI is InChI=1S/C18H25F3N4O2/c1-15-11-16(12-22-17(15)27-14-18(19,20)21)13-25-4-2-3-24(25)6-5-23-7-9-26-10-8-23/h2-3,11-12H,4-10,13-14H2,1H3. The van der Waals surface area contributed by atoms with Crippen molar-refractivity contribution < 1.29 is 22.6 Å². The molecule has 2 aliphatic heterocycles. The van der Waals surface area contributed by atoms with Crippen LogP contribution in [0.1, 0.15) is 11.1 Å². The van der Waals surface area contributed by atoms with Crippen LogP contribution in [-0.2, 0) is 11.3 Å². The Morgan fingerprint density at radius 2 is 2.00 bits per heavy atom. The van der Waals surface area contributed by atoms with E-state index in [9.17, 15) is 13.2 Å². The molecule has 0 aliphatic carbocycles. The second-order valence-corrected chi connectivity index (χ2v) is 6.72. The van der Waals surface area contributed by atoms with Gasteiger partial charge in [-0.15, -0.1) is 0 Å². The molecule has 1 aromatic rings. The van der Waals surface area contributed by atoms with Crippen LogP contribution in [0.2, 0.25) is 0 Å². The normalized spacial score (nSPS) is 19.0. The quantitative estimate of drug-likeness (QED) is 0.716. The zero-order valence-electron chi connectivity index (χ0n) is 15.4. The van der Waals surface area contributed by atoms with Gasteiger partial charge in [-0.05, 0) is 18.6 Å². The van der Waals surface area contributed by atoms with E-state index in [1.807, 2.05) is 6.07 Å². The molecule has 3 heterocycles. The molecule has 0 radical (unpaired) electrons. The van der Waals surface area contributed by atoms with Gasteiger partial charge in [0, 0.05) is 57.2 Å². The lowest BCUT2D eigenvalue weighted by molar-refractivity contribution is -0.154. The Labute approximate surface area is 157 Å². The maximum atomic E-state index is 12.3. The van der Waals surface area contributed by atoms with Gasteiger partial charge in [0.2, 0.25) is 5.88 Å². The highest BCUT2D eigenvalue weighted by Crippen LogP contribution is 2.21. The number of aromatic nitrogens is 1. The van der Waals surface area contributed by atoms with Gasteiger partial charge in [-0.3, -0.25) is 4.90 Å². The number of aryl methyl sites for hydroxylation is 1. The molecule has 0 amide bonds. The van der Waals surface area contributed by atoms with Gasteiger partial charge in [-0.2, -0.15) is 13.2 Å². The van der Waals surface area contributed by atoms with E-state index in [0.29, 0.717) is 12.1 Å². The van der Waals surface area contributed by atoms with E-state index in [2.05, 4.69) is 32.2 Å². The van der Waals surface area contributed by atoms with Crippen LogP contribution in [0.5, 0.6) is 5.88 Å². The summed E-state index contributed by atoms with van der Waals surface area (Å²) in [5.74, 6) is 0.0276. The molecule has 9 heteroatoms. The Bertz CT molecular complexity index is 648. The maximum absolute atomic E-state index is 12.3. The third-order valence-corrected chi connectivity index (χ3v) is 4.53. The number of halogens is 3. The highest BCUT2D eigenvalue weighted by Gasteiger charge is 2.29. The fourth-order valence-corrected chi connectivity index (χ4v) is 3.15. The van der Waals surface area contributed by atoms with E-state index in [1.165, 1.54) is 0 Å². The first-order chi connectivity index (χ1) is 12.9. The van der Waals surface area contributed by atoms with Crippen molar-refractivity contribution in [2.45, 2.75) is 19.6 Å². The minimum atomic E-state index is -4.37. The summed E-state index contributed by atoms with van der Waals surface area (Å²) < 4.78 is 47.0. The summed E-state index contributed by atoms with van der Waals surface area (Å²) in [6.07, 6.45) is 1.38. The molecular formula is C18H25F3N4O2. The average Bonchev–Trinajstić information content (AvgIpc) is 3.06. The molecule has 0 saturated carbocycles. The molecule has 0 bridgehead atoms. The fourth-order valence-electron chi connectivity index (χ4n) is 3.15. The Balaban J connectivity index is 1.52. The molecule has 0 aromatic carbocycles. The highest BCUT2D eigenvalue weighted by atomic mass is 19.4. The number of nitrogens with zero attached hydrogens (tertiary/aromatic N) is 4. The number of alkyl halides is 3. The summed E-state index contributed by atoms with van der Waals surface area (Å²) in [5, 5.41) is 4.37. The van der Waals surface area contributed by atoms with Crippen molar-refractivity contribution in [3.05, 3.63) is 35.7 Å². The van der Waals surface area contributed by atoms with Crippen molar-refractivity contribution in [3.63, 3.8) is 0 Å². The molecule has 6 nitrogen and oxygen atoms in total. The molecular weight excluding hydrogens is 361 g/mol. The van der Waals surface area contributed by atoms with Gasteiger partial charge in [0.25, 0.3) is 0 Å². The largest absolute Gasteiger partial charge is 0.468 e. The van der Waals surface area contributed by atoms with Crippen LogP contribution in [0.15, 0.2) is 24.5 Å². The van der Waals surface area contributed by atoms with Crippen LogP contribution in [0, 0.1) is 6.92 Å². The van der Waals surface area contributed by atoms with Crippen molar-refractivity contribution in [1.82, 2.24) is 19.9 Å². The molecule has 3 rings (SSSR count). The van der Waals surface area contributed by atoms with Crippen LogP contribution < -0.4 is 4.74 Å².